The van der Waals surface area contributed by atoms with E-state index in [-0.39, 0.29) is 6.04 Å². The van der Waals surface area contributed by atoms with Crippen LogP contribution >= 0.6 is 15.9 Å². The molecule has 0 saturated carbocycles. The number of hydrogen-bond acceptors (Lipinski definition) is 3. The number of nitriles is 1. The Morgan fingerprint density at radius 1 is 1.28 bits per heavy atom. The van der Waals surface area contributed by atoms with Crippen LogP contribution in [0.2, 0.25) is 0 Å². The third-order valence-corrected chi connectivity index (χ3v) is 3.25. The minimum Gasteiger partial charge on any atom is -0.449 e. The molecule has 1 aromatic heterocycles. The third kappa shape index (κ3) is 3.22. The fourth-order valence-electron chi connectivity index (χ4n) is 1.66. The molecule has 18 heavy (non-hydrogen) atoms. The number of nitrogens with zero attached hydrogens (tertiary/aromatic N) is 1. The second-order valence-corrected chi connectivity index (χ2v) is 4.95. The third-order valence-electron chi connectivity index (χ3n) is 2.72. The smallest absolute Gasteiger partial charge is 0.203 e. The molecular formula is C14H13BrN2O. The van der Waals surface area contributed by atoms with Crippen LogP contribution in [-0.4, -0.2) is 0 Å². The van der Waals surface area contributed by atoms with Crippen LogP contribution in [0, 0.1) is 11.3 Å². The fourth-order valence-corrected chi connectivity index (χ4v) is 1.92. The minimum atomic E-state index is 0.230. The summed E-state index contributed by atoms with van der Waals surface area (Å²) in [7, 11) is 0. The van der Waals surface area contributed by atoms with Crippen molar-refractivity contribution in [2.75, 3.05) is 0 Å². The van der Waals surface area contributed by atoms with E-state index in [2.05, 4.69) is 40.3 Å². The first-order valence-electron chi connectivity index (χ1n) is 5.66. The van der Waals surface area contributed by atoms with Gasteiger partial charge in [0.1, 0.15) is 11.8 Å². The Morgan fingerprint density at radius 2 is 2.00 bits per heavy atom. The first kappa shape index (κ1) is 12.9. The Bertz CT molecular complexity index is 554. The Kier molecular flexibility index (Phi) is 4.19. The van der Waals surface area contributed by atoms with Gasteiger partial charge >= 0.3 is 0 Å². The number of rotatable bonds is 4. The van der Waals surface area contributed by atoms with Crippen molar-refractivity contribution in [3.63, 3.8) is 0 Å². The van der Waals surface area contributed by atoms with Crippen molar-refractivity contribution in [1.82, 2.24) is 5.32 Å². The Hall–Kier alpha value is -1.57. The summed E-state index contributed by atoms with van der Waals surface area (Å²) in [5.74, 6) is 1.12. The maximum atomic E-state index is 8.66. The Balaban J connectivity index is 1.94. The average molecular weight is 305 g/mol. The largest absolute Gasteiger partial charge is 0.449 e. The lowest BCUT2D eigenvalue weighted by Crippen LogP contribution is -2.17. The first-order chi connectivity index (χ1) is 8.69. The van der Waals surface area contributed by atoms with Crippen LogP contribution in [0.4, 0.5) is 0 Å². The number of halogens is 1. The highest BCUT2D eigenvalue weighted by molar-refractivity contribution is 9.10. The number of hydrogen-bond donors (Lipinski definition) is 1. The van der Waals surface area contributed by atoms with Crippen LogP contribution in [0.25, 0.3) is 0 Å². The van der Waals surface area contributed by atoms with Crippen molar-refractivity contribution in [3.05, 3.63) is 58.0 Å². The van der Waals surface area contributed by atoms with Crippen LogP contribution in [0.1, 0.15) is 30.0 Å². The van der Waals surface area contributed by atoms with Crippen molar-refractivity contribution in [3.8, 4) is 6.07 Å². The molecule has 1 heterocycles. The standard InChI is InChI=1S/C14H13BrN2O/c1-10(11-2-4-12(15)5-3-11)17-9-14-7-6-13(8-16)18-14/h2-7,10,17H,9H2,1H3. The fraction of sp³-hybridized carbons (Fsp3) is 0.214. The molecule has 0 aliphatic carbocycles. The van der Waals surface area contributed by atoms with E-state index in [1.165, 1.54) is 5.56 Å². The molecule has 92 valence electrons. The van der Waals surface area contributed by atoms with Gasteiger partial charge in [0.05, 0.1) is 6.54 Å². The monoisotopic (exact) mass is 304 g/mol. The summed E-state index contributed by atoms with van der Waals surface area (Å²) < 4.78 is 6.38. The molecule has 0 aliphatic heterocycles. The van der Waals surface area contributed by atoms with Crippen LogP contribution in [0.5, 0.6) is 0 Å². The van der Waals surface area contributed by atoms with Gasteiger partial charge in [0, 0.05) is 10.5 Å². The van der Waals surface area contributed by atoms with Crippen LogP contribution in [-0.2, 0) is 6.54 Å². The quantitative estimate of drug-likeness (QED) is 0.935. The van der Waals surface area contributed by atoms with Gasteiger partial charge in [-0.3, -0.25) is 0 Å². The van der Waals surface area contributed by atoms with Crippen LogP contribution in [0.3, 0.4) is 0 Å². The van der Waals surface area contributed by atoms with E-state index in [9.17, 15) is 0 Å². The highest BCUT2D eigenvalue weighted by Crippen LogP contribution is 2.17. The van der Waals surface area contributed by atoms with E-state index in [4.69, 9.17) is 9.68 Å². The predicted molar refractivity (Wildman–Crippen MR) is 72.8 cm³/mol. The molecule has 2 aromatic rings. The lowest BCUT2D eigenvalue weighted by Gasteiger charge is -2.13. The molecule has 3 nitrogen and oxygen atoms in total. The van der Waals surface area contributed by atoms with Crippen molar-refractivity contribution >= 4 is 15.9 Å². The molecule has 0 fully saturated rings. The Morgan fingerprint density at radius 3 is 2.61 bits per heavy atom. The molecular weight excluding hydrogens is 292 g/mol. The zero-order chi connectivity index (χ0) is 13.0. The topological polar surface area (TPSA) is 49.0 Å². The van der Waals surface area contributed by atoms with Crippen LogP contribution < -0.4 is 5.32 Å². The van der Waals surface area contributed by atoms with E-state index in [0.29, 0.717) is 12.3 Å². The van der Waals surface area contributed by atoms with Crippen LogP contribution in [0.15, 0.2) is 45.3 Å². The van der Waals surface area contributed by atoms with Gasteiger partial charge < -0.3 is 9.73 Å². The summed E-state index contributed by atoms with van der Waals surface area (Å²) in [4.78, 5) is 0. The average Bonchev–Trinajstić information content (AvgIpc) is 2.85. The molecule has 0 aliphatic rings. The molecule has 0 saturated heterocycles. The lowest BCUT2D eigenvalue weighted by atomic mass is 10.1. The molecule has 4 heteroatoms. The van der Waals surface area contributed by atoms with Crippen molar-refractivity contribution in [2.24, 2.45) is 0 Å². The molecule has 1 N–H and O–H groups in total. The summed E-state index contributed by atoms with van der Waals surface area (Å²) >= 11 is 3.41. The van der Waals surface area contributed by atoms with Gasteiger partial charge in [0.2, 0.25) is 5.76 Å². The van der Waals surface area contributed by atoms with Gasteiger partial charge in [0.25, 0.3) is 0 Å². The van der Waals surface area contributed by atoms with Gasteiger partial charge in [0.15, 0.2) is 0 Å². The van der Waals surface area contributed by atoms with Gasteiger partial charge in [-0.2, -0.15) is 5.26 Å². The molecule has 0 amide bonds. The highest BCUT2D eigenvalue weighted by atomic mass is 79.9. The maximum absolute atomic E-state index is 8.66. The van der Waals surface area contributed by atoms with Gasteiger partial charge in [-0.25, -0.2) is 0 Å². The SMILES string of the molecule is CC(NCc1ccc(C#N)o1)c1ccc(Br)cc1. The van der Waals surface area contributed by atoms with Gasteiger partial charge in [-0.05, 0) is 36.8 Å². The van der Waals surface area contributed by atoms with Gasteiger partial charge in [-0.15, -0.1) is 0 Å². The van der Waals surface area contributed by atoms with Gasteiger partial charge in [-0.1, -0.05) is 28.1 Å². The first-order valence-corrected chi connectivity index (χ1v) is 6.46. The summed E-state index contributed by atoms with van der Waals surface area (Å²) in [5, 5.41) is 12.0. The number of furan rings is 1. The van der Waals surface area contributed by atoms with Crippen molar-refractivity contribution in [1.29, 1.82) is 5.26 Å². The summed E-state index contributed by atoms with van der Waals surface area (Å²) in [6.45, 7) is 2.70. The normalized spacial score (nSPS) is 12.1. The predicted octanol–water partition coefficient (Wildman–Crippen LogP) is 3.76. The summed E-state index contributed by atoms with van der Waals surface area (Å²) in [6, 6.07) is 13.9. The van der Waals surface area contributed by atoms with E-state index >= 15 is 0 Å². The molecule has 0 bridgehead atoms. The molecule has 0 radical (unpaired) electrons. The summed E-state index contributed by atoms with van der Waals surface area (Å²) in [6.07, 6.45) is 0. The molecule has 1 atom stereocenters. The zero-order valence-electron chi connectivity index (χ0n) is 9.98. The van der Waals surface area contributed by atoms with Crippen molar-refractivity contribution < 1.29 is 4.42 Å². The van der Waals surface area contributed by atoms with E-state index in [1.807, 2.05) is 24.3 Å². The second-order valence-electron chi connectivity index (χ2n) is 4.03. The summed E-state index contributed by atoms with van der Waals surface area (Å²) in [5.41, 5.74) is 1.21. The maximum Gasteiger partial charge on any atom is 0.203 e. The van der Waals surface area contributed by atoms with E-state index in [1.54, 1.807) is 6.07 Å². The van der Waals surface area contributed by atoms with Crippen molar-refractivity contribution in [2.45, 2.75) is 19.5 Å². The second kappa shape index (κ2) is 5.85. The molecule has 1 unspecified atom stereocenters. The highest BCUT2D eigenvalue weighted by Gasteiger charge is 2.06. The number of benzene rings is 1. The molecule has 1 aromatic carbocycles. The lowest BCUT2D eigenvalue weighted by molar-refractivity contribution is 0.453. The number of nitrogens with one attached hydrogen (secondary N) is 1. The molecule has 0 spiro atoms. The Labute approximate surface area is 115 Å². The molecule has 2 rings (SSSR count). The minimum absolute atomic E-state index is 0.230. The van der Waals surface area contributed by atoms with E-state index in [0.717, 1.165) is 10.2 Å². The zero-order valence-corrected chi connectivity index (χ0v) is 11.6. The van der Waals surface area contributed by atoms with E-state index < -0.39 is 0 Å².